The van der Waals surface area contributed by atoms with E-state index in [1.807, 2.05) is 42.5 Å². The van der Waals surface area contributed by atoms with Crippen molar-refractivity contribution in [2.45, 2.75) is 17.2 Å². The van der Waals surface area contributed by atoms with Gasteiger partial charge >= 0.3 is 0 Å². The lowest BCUT2D eigenvalue weighted by Gasteiger charge is -2.17. The van der Waals surface area contributed by atoms with Gasteiger partial charge in [-0.25, -0.2) is 8.42 Å². The number of rotatable bonds is 7. The van der Waals surface area contributed by atoms with Crippen LogP contribution in [0.5, 0.6) is 0 Å². The first-order valence-corrected chi connectivity index (χ1v) is 10.3. The van der Waals surface area contributed by atoms with E-state index in [4.69, 9.17) is 10.5 Å². The first kappa shape index (κ1) is 19.0. The van der Waals surface area contributed by atoms with Gasteiger partial charge in [0.15, 0.2) is 0 Å². The molecule has 0 unspecified atom stereocenters. The summed E-state index contributed by atoms with van der Waals surface area (Å²) in [7, 11) is -1.86. The number of sulfonamides is 1. The van der Waals surface area contributed by atoms with Crippen molar-refractivity contribution in [2.24, 2.45) is 11.7 Å². The molecule has 0 aromatic heterocycles. The van der Waals surface area contributed by atoms with Crippen LogP contribution in [0.25, 0.3) is 0 Å². The average Bonchev–Trinajstić information content (AvgIpc) is 3.13. The standard InChI is InChI=1S/C20H26N2O3S/c1-25-12-11-16-7-9-19(10-8-16)26(23,24)22-14-18(13-21)20(15-22)17-5-3-2-4-6-17/h2-10,18,20H,11-15,21H2,1H3/t18-,20+/m1/s1. The molecule has 26 heavy (non-hydrogen) atoms. The van der Waals surface area contributed by atoms with Gasteiger partial charge in [0.2, 0.25) is 10.0 Å². The fraction of sp³-hybridized carbons (Fsp3) is 0.400. The Hall–Kier alpha value is -1.73. The Morgan fingerprint density at radius 2 is 1.77 bits per heavy atom. The Morgan fingerprint density at radius 3 is 2.38 bits per heavy atom. The highest BCUT2D eigenvalue weighted by molar-refractivity contribution is 7.89. The lowest BCUT2D eigenvalue weighted by Crippen LogP contribution is -2.30. The highest BCUT2D eigenvalue weighted by Gasteiger charge is 2.39. The second kappa shape index (κ2) is 8.31. The molecule has 5 nitrogen and oxygen atoms in total. The maximum Gasteiger partial charge on any atom is 0.243 e. The molecule has 0 bridgehead atoms. The number of methoxy groups -OCH3 is 1. The van der Waals surface area contributed by atoms with Crippen LogP contribution in [0.2, 0.25) is 0 Å². The molecule has 6 heteroatoms. The molecule has 140 valence electrons. The summed E-state index contributed by atoms with van der Waals surface area (Å²) in [5.41, 5.74) is 8.15. The van der Waals surface area contributed by atoms with E-state index in [9.17, 15) is 8.42 Å². The molecule has 1 aliphatic rings. The predicted octanol–water partition coefficient (Wildman–Crippen LogP) is 2.24. The summed E-state index contributed by atoms with van der Waals surface area (Å²) in [5.74, 6) is 0.269. The van der Waals surface area contributed by atoms with E-state index in [1.54, 1.807) is 23.5 Å². The number of benzene rings is 2. The molecule has 1 saturated heterocycles. The van der Waals surface area contributed by atoms with Crippen LogP contribution in [0.4, 0.5) is 0 Å². The van der Waals surface area contributed by atoms with Gasteiger partial charge in [0.25, 0.3) is 0 Å². The molecule has 0 amide bonds. The summed E-state index contributed by atoms with van der Waals surface area (Å²) < 4.78 is 32.8. The van der Waals surface area contributed by atoms with E-state index in [0.717, 1.165) is 17.5 Å². The molecular formula is C20H26N2O3S. The monoisotopic (exact) mass is 374 g/mol. The number of hydrogen-bond acceptors (Lipinski definition) is 4. The Labute approximate surface area is 155 Å². The normalized spacial score (nSPS) is 21.2. The highest BCUT2D eigenvalue weighted by Crippen LogP contribution is 2.35. The third-order valence-corrected chi connectivity index (χ3v) is 6.94. The van der Waals surface area contributed by atoms with E-state index in [1.165, 1.54) is 0 Å². The van der Waals surface area contributed by atoms with Gasteiger partial charge in [0.1, 0.15) is 0 Å². The van der Waals surface area contributed by atoms with Crippen molar-refractivity contribution in [2.75, 3.05) is 33.4 Å². The van der Waals surface area contributed by atoms with Gasteiger partial charge in [-0.3, -0.25) is 0 Å². The molecule has 0 aliphatic carbocycles. The minimum absolute atomic E-state index is 0.133. The second-order valence-corrected chi connectivity index (χ2v) is 8.66. The van der Waals surface area contributed by atoms with Gasteiger partial charge in [-0.15, -0.1) is 0 Å². The maximum absolute atomic E-state index is 13.1. The minimum atomic E-state index is -3.51. The number of hydrogen-bond donors (Lipinski definition) is 1. The Kier molecular flexibility index (Phi) is 6.09. The van der Waals surface area contributed by atoms with Gasteiger partial charge < -0.3 is 10.5 Å². The number of nitrogens with two attached hydrogens (primary N) is 1. The molecule has 2 N–H and O–H groups in total. The fourth-order valence-corrected chi connectivity index (χ4v) is 5.06. The first-order valence-electron chi connectivity index (χ1n) is 8.89. The van der Waals surface area contributed by atoms with Crippen LogP contribution in [0.3, 0.4) is 0 Å². The van der Waals surface area contributed by atoms with Crippen molar-refractivity contribution in [1.82, 2.24) is 4.31 Å². The Morgan fingerprint density at radius 1 is 1.08 bits per heavy atom. The smallest absolute Gasteiger partial charge is 0.243 e. The quantitative estimate of drug-likeness (QED) is 0.807. The minimum Gasteiger partial charge on any atom is -0.384 e. The predicted molar refractivity (Wildman–Crippen MR) is 103 cm³/mol. The molecular weight excluding hydrogens is 348 g/mol. The molecule has 1 aliphatic heterocycles. The Balaban J connectivity index is 1.79. The second-order valence-electron chi connectivity index (χ2n) is 6.72. The van der Waals surface area contributed by atoms with E-state index < -0.39 is 10.0 Å². The van der Waals surface area contributed by atoms with Crippen molar-refractivity contribution in [1.29, 1.82) is 0 Å². The molecule has 3 rings (SSSR count). The van der Waals surface area contributed by atoms with E-state index in [2.05, 4.69) is 0 Å². The molecule has 1 fully saturated rings. The molecule has 0 saturated carbocycles. The molecule has 0 spiro atoms. The zero-order valence-electron chi connectivity index (χ0n) is 15.0. The lowest BCUT2D eigenvalue weighted by atomic mass is 9.89. The van der Waals surface area contributed by atoms with E-state index in [-0.39, 0.29) is 11.8 Å². The van der Waals surface area contributed by atoms with Crippen molar-refractivity contribution in [3.63, 3.8) is 0 Å². The molecule has 2 atom stereocenters. The third kappa shape index (κ3) is 3.99. The van der Waals surface area contributed by atoms with Crippen LogP contribution in [0.1, 0.15) is 17.0 Å². The van der Waals surface area contributed by atoms with Crippen LogP contribution in [-0.4, -0.2) is 46.1 Å². The fourth-order valence-electron chi connectivity index (χ4n) is 3.54. The van der Waals surface area contributed by atoms with Gasteiger partial charge in [-0.1, -0.05) is 42.5 Å². The number of ether oxygens (including phenoxy) is 1. The summed E-state index contributed by atoms with van der Waals surface area (Å²) in [6.45, 7) is 2.03. The molecule has 1 heterocycles. The Bertz CT molecular complexity index is 807. The van der Waals surface area contributed by atoms with Gasteiger partial charge in [-0.05, 0) is 42.1 Å². The maximum atomic E-state index is 13.1. The van der Waals surface area contributed by atoms with Gasteiger partial charge in [0, 0.05) is 26.1 Å². The lowest BCUT2D eigenvalue weighted by molar-refractivity contribution is 0.202. The summed E-state index contributed by atoms with van der Waals surface area (Å²) >= 11 is 0. The van der Waals surface area contributed by atoms with Crippen molar-refractivity contribution < 1.29 is 13.2 Å². The summed E-state index contributed by atoms with van der Waals surface area (Å²) in [6.07, 6.45) is 0.770. The summed E-state index contributed by atoms with van der Waals surface area (Å²) in [4.78, 5) is 0.336. The highest BCUT2D eigenvalue weighted by atomic mass is 32.2. The van der Waals surface area contributed by atoms with E-state index >= 15 is 0 Å². The van der Waals surface area contributed by atoms with Crippen LogP contribution in [0.15, 0.2) is 59.5 Å². The topological polar surface area (TPSA) is 72.6 Å². The molecule has 0 radical (unpaired) electrons. The van der Waals surface area contributed by atoms with Crippen LogP contribution in [0, 0.1) is 5.92 Å². The van der Waals surface area contributed by atoms with Crippen molar-refractivity contribution in [3.8, 4) is 0 Å². The van der Waals surface area contributed by atoms with Crippen molar-refractivity contribution >= 4 is 10.0 Å². The average molecular weight is 375 g/mol. The molecule has 2 aromatic carbocycles. The zero-order chi connectivity index (χ0) is 18.6. The number of nitrogens with zero attached hydrogens (tertiary/aromatic N) is 1. The van der Waals surface area contributed by atoms with Crippen LogP contribution in [-0.2, 0) is 21.2 Å². The SMILES string of the molecule is COCCc1ccc(S(=O)(=O)N2C[C@@H](CN)[C@H](c3ccccc3)C2)cc1. The van der Waals surface area contributed by atoms with Crippen LogP contribution >= 0.6 is 0 Å². The third-order valence-electron chi connectivity index (χ3n) is 5.09. The molecule has 2 aromatic rings. The van der Waals surface area contributed by atoms with Gasteiger partial charge in [-0.2, -0.15) is 4.31 Å². The zero-order valence-corrected chi connectivity index (χ0v) is 15.9. The first-order chi connectivity index (χ1) is 12.6. The largest absolute Gasteiger partial charge is 0.384 e. The summed E-state index contributed by atoms with van der Waals surface area (Å²) in [6, 6.07) is 17.1. The van der Waals surface area contributed by atoms with Crippen molar-refractivity contribution in [3.05, 3.63) is 65.7 Å². The van der Waals surface area contributed by atoms with Gasteiger partial charge in [0.05, 0.1) is 11.5 Å². The van der Waals surface area contributed by atoms with Crippen LogP contribution < -0.4 is 5.73 Å². The van der Waals surface area contributed by atoms with E-state index in [0.29, 0.717) is 31.1 Å². The summed E-state index contributed by atoms with van der Waals surface area (Å²) in [5, 5.41) is 0.